The normalized spacial score (nSPS) is 10.3. The molecule has 122 valence electrons. The van der Waals surface area contributed by atoms with Crippen LogP contribution in [-0.2, 0) is 15.7 Å². The zero-order valence-corrected chi connectivity index (χ0v) is 15.9. The van der Waals surface area contributed by atoms with Gasteiger partial charge in [0.15, 0.2) is 5.11 Å². The molecule has 0 atom stereocenters. The molecule has 2 aromatic carbocycles. The average Bonchev–Trinajstić information content (AvgIpc) is 2.56. The van der Waals surface area contributed by atoms with Crippen LogP contribution in [0.25, 0.3) is 0 Å². The Morgan fingerprint density at radius 1 is 1.17 bits per heavy atom. The summed E-state index contributed by atoms with van der Waals surface area (Å²) in [5.41, 5.74) is 2.21. The zero-order valence-electron chi connectivity index (χ0n) is 12.1. The van der Waals surface area contributed by atoms with E-state index >= 15 is 0 Å². The van der Waals surface area contributed by atoms with Gasteiger partial charge in [-0.15, -0.1) is 9.32 Å². The third kappa shape index (κ3) is 6.61. The number of hydrogen-bond acceptors (Lipinski definition) is 5. The van der Waals surface area contributed by atoms with Crippen molar-refractivity contribution in [2.45, 2.75) is 11.3 Å². The van der Waals surface area contributed by atoms with Gasteiger partial charge >= 0.3 is 0 Å². The quantitative estimate of drug-likeness (QED) is 0.191. The molecule has 0 saturated heterocycles. The van der Waals surface area contributed by atoms with E-state index in [0.717, 1.165) is 39.2 Å². The first-order chi connectivity index (χ1) is 11.2. The smallest absolute Gasteiger partial charge is 0.170 e. The fourth-order valence-electron chi connectivity index (χ4n) is 1.82. The molecule has 0 aliphatic rings. The van der Waals surface area contributed by atoms with Crippen molar-refractivity contribution < 1.29 is 9.32 Å². The molecule has 0 spiro atoms. The van der Waals surface area contributed by atoms with Gasteiger partial charge in [0.1, 0.15) is 0 Å². The van der Waals surface area contributed by atoms with Gasteiger partial charge in [0.05, 0.1) is 17.7 Å². The summed E-state index contributed by atoms with van der Waals surface area (Å²) < 4.78 is 5.72. The Labute approximate surface area is 158 Å². The third-order valence-electron chi connectivity index (χ3n) is 2.91. The Kier molecular flexibility index (Phi) is 8.06. The maximum Gasteiger partial charge on any atom is 0.170 e. The molecule has 0 fully saturated rings. The highest BCUT2D eigenvalue weighted by atomic mass is 127. The molecule has 0 radical (unpaired) electrons. The molecule has 0 saturated carbocycles. The molecule has 23 heavy (non-hydrogen) atoms. The van der Waals surface area contributed by atoms with Crippen molar-refractivity contribution in [1.82, 2.24) is 5.32 Å². The molecule has 0 aromatic heterocycles. The Balaban J connectivity index is 1.74. The number of hydrogen-bond donors (Lipinski definition) is 3. The SMILES string of the molecule is NOOSc1ccc(CCNC(=S)Nc2ccccc2I)cc1. The van der Waals surface area contributed by atoms with Gasteiger partial charge in [-0.05, 0) is 71.1 Å². The monoisotopic (exact) mass is 461 g/mol. The molecular formula is C15H16IN3O2S2. The summed E-state index contributed by atoms with van der Waals surface area (Å²) in [5.74, 6) is 4.79. The number of thiocarbonyl (C=S) groups is 1. The van der Waals surface area contributed by atoms with Crippen LogP contribution in [0.1, 0.15) is 5.56 Å². The van der Waals surface area contributed by atoms with Crippen molar-refractivity contribution in [3.63, 3.8) is 0 Å². The molecule has 0 aliphatic carbocycles. The lowest BCUT2D eigenvalue weighted by molar-refractivity contribution is -0.195. The van der Waals surface area contributed by atoms with E-state index in [2.05, 4.69) is 42.5 Å². The van der Waals surface area contributed by atoms with Crippen molar-refractivity contribution in [2.24, 2.45) is 5.90 Å². The van der Waals surface area contributed by atoms with Crippen molar-refractivity contribution in [3.05, 3.63) is 57.7 Å². The molecule has 0 amide bonds. The highest BCUT2D eigenvalue weighted by Gasteiger charge is 2.01. The third-order valence-corrected chi connectivity index (χ3v) is 4.71. The minimum Gasteiger partial charge on any atom is -0.362 e. The second-order valence-electron chi connectivity index (χ2n) is 4.50. The maximum absolute atomic E-state index is 5.31. The van der Waals surface area contributed by atoms with Crippen LogP contribution in [0.2, 0.25) is 0 Å². The van der Waals surface area contributed by atoms with Gasteiger partial charge in [-0.2, -0.15) is 5.90 Å². The summed E-state index contributed by atoms with van der Waals surface area (Å²) in [4.78, 5) is 4.98. The molecule has 2 rings (SSSR count). The molecular weight excluding hydrogens is 445 g/mol. The molecule has 4 N–H and O–H groups in total. The molecule has 2 aromatic rings. The van der Waals surface area contributed by atoms with Gasteiger partial charge in [-0.1, -0.05) is 24.3 Å². The lowest BCUT2D eigenvalue weighted by Crippen LogP contribution is -2.30. The van der Waals surface area contributed by atoms with Gasteiger partial charge in [0.2, 0.25) is 0 Å². The second-order valence-corrected chi connectivity index (χ2v) is 6.85. The number of nitrogens with one attached hydrogen (secondary N) is 2. The van der Waals surface area contributed by atoms with Crippen molar-refractivity contribution >= 4 is 57.7 Å². The Morgan fingerprint density at radius 2 is 1.91 bits per heavy atom. The van der Waals surface area contributed by atoms with Crippen LogP contribution in [0.15, 0.2) is 53.4 Å². The van der Waals surface area contributed by atoms with Crippen LogP contribution in [-0.4, -0.2) is 11.7 Å². The maximum atomic E-state index is 5.31. The lowest BCUT2D eigenvalue weighted by Gasteiger charge is -2.11. The van der Waals surface area contributed by atoms with Crippen molar-refractivity contribution in [2.75, 3.05) is 11.9 Å². The molecule has 5 nitrogen and oxygen atoms in total. The van der Waals surface area contributed by atoms with Crippen molar-refractivity contribution in [1.29, 1.82) is 0 Å². The summed E-state index contributed by atoms with van der Waals surface area (Å²) in [7, 11) is 0. The van der Waals surface area contributed by atoms with E-state index in [1.807, 2.05) is 48.5 Å². The van der Waals surface area contributed by atoms with Crippen LogP contribution in [0.4, 0.5) is 5.69 Å². The Hall–Kier alpha value is -0.910. The molecule has 0 aliphatic heterocycles. The summed E-state index contributed by atoms with van der Waals surface area (Å²) in [6.07, 6.45) is 0.868. The van der Waals surface area contributed by atoms with Gasteiger partial charge in [0.25, 0.3) is 0 Å². The number of halogens is 1. The summed E-state index contributed by atoms with van der Waals surface area (Å²) in [6, 6.07) is 16.0. The van der Waals surface area contributed by atoms with Gasteiger partial charge < -0.3 is 10.6 Å². The first-order valence-corrected chi connectivity index (χ1v) is 9.00. The number of para-hydroxylation sites is 1. The van der Waals surface area contributed by atoms with Gasteiger partial charge in [-0.25, -0.2) is 0 Å². The first-order valence-electron chi connectivity index (χ1n) is 6.77. The van der Waals surface area contributed by atoms with E-state index in [-0.39, 0.29) is 0 Å². The van der Waals surface area contributed by atoms with Crippen LogP contribution >= 0.6 is 46.9 Å². The summed E-state index contributed by atoms with van der Waals surface area (Å²) in [6.45, 7) is 0.754. The summed E-state index contributed by atoms with van der Waals surface area (Å²) in [5, 5.41) is 7.02. The van der Waals surface area contributed by atoms with Crippen molar-refractivity contribution in [3.8, 4) is 0 Å². The number of nitrogens with two attached hydrogens (primary N) is 1. The number of anilines is 1. The minimum atomic E-state index is 0.620. The number of rotatable bonds is 7. The topological polar surface area (TPSA) is 68.5 Å². The predicted molar refractivity (Wildman–Crippen MR) is 106 cm³/mol. The lowest BCUT2D eigenvalue weighted by atomic mass is 10.1. The van der Waals surface area contributed by atoms with Crippen LogP contribution < -0.4 is 16.5 Å². The molecule has 8 heteroatoms. The van der Waals surface area contributed by atoms with Gasteiger partial charge in [-0.3, -0.25) is 0 Å². The summed E-state index contributed by atoms with van der Waals surface area (Å²) >= 11 is 8.65. The fraction of sp³-hybridized carbons (Fsp3) is 0.133. The highest BCUT2D eigenvalue weighted by Crippen LogP contribution is 2.19. The largest absolute Gasteiger partial charge is 0.362 e. The van der Waals surface area contributed by atoms with E-state index in [0.29, 0.717) is 5.11 Å². The Bertz CT molecular complexity index is 641. The van der Waals surface area contributed by atoms with E-state index in [4.69, 9.17) is 18.1 Å². The van der Waals surface area contributed by atoms with Crippen LogP contribution in [0, 0.1) is 3.57 Å². The first kappa shape index (κ1) is 18.4. The van der Waals surface area contributed by atoms with Crippen LogP contribution in [0.5, 0.6) is 0 Å². The highest BCUT2D eigenvalue weighted by molar-refractivity contribution is 14.1. The minimum absolute atomic E-state index is 0.620. The molecule has 0 unspecified atom stereocenters. The fourth-order valence-corrected chi connectivity index (χ4v) is 2.92. The predicted octanol–water partition coefficient (Wildman–Crippen LogP) is 3.65. The second kappa shape index (κ2) is 10.1. The average molecular weight is 461 g/mol. The zero-order chi connectivity index (χ0) is 16.5. The van der Waals surface area contributed by atoms with Crippen LogP contribution in [0.3, 0.4) is 0 Å². The van der Waals surface area contributed by atoms with E-state index < -0.39 is 0 Å². The number of benzene rings is 2. The van der Waals surface area contributed by atoms with Gasteiger partial charge in [0, 0.05) is 15.0 Å². The van der Waals surface area contributed by atoms with E-state index in [1.165, 1.54) is 5.56 Å². The van der Waals surface area contributed by atoms with E-state index in [1.54, 1.807) is 0 Å². The molecule has 0 heterocycles. The Morgan fingerprint density at radius 3 is 2.61 bits per heavy atom. The standard InChI is InChI=1S/C15H16IN3O2S2/c16-13-3-1-2-4-14(13)19-15(22)18-10-9-11-5-7-12(8-6-11)23-21-20-17/h1-8H,9-10,17H2,(H2,18,19,22). The molecule has 0 bridgehead atoms. The van der Waals surface area contributed by atoms with E-state index in [9.17, 15) is 0 Å².